The summed E-state index contributed by atoms with van der Waals surface area (Å²) < 4.78 is 0. The molecule has 0 spiro atoms. The molecule has 39 heavy (non-hydrogen) atoms. The Hall–Kier alpha value is -5.31. The minimum Gasteiger partial charge on any atom is -0.295 e. The fourth-order valence-corrected chi connectivity index (χ4v) is 3.39. The lowest BCUT2D eigenvalue weighted by atomic mass is 10.1. The van der Waals surface area contributed by atoms with Crippen LogP contribution in [0.3, 0.4) is 0 Å². The maximum Gasteiger partial charge on any atom is 0.159 e. The van der Waals surface area contributed by atoms with Crippen LogP contribution in [0.15, 0.2) is 122 Å². The van der Waals surface area contributed by atoms with Crippen LogP contribution in [-0.2, 0) is 0 Å². The molecule has 4 aromatic carbocycles. The Balaban J connectivity index is 1.63. The van der Waals surface area contributed by atoms with Gasteiger partial charge in [-0.2, -0.15) is 30.7 Å². The van der Waals surface area contributed by atoms with Crippen LogP contribution in [-0.4, -0.2) is 17.3 Å². The van der Waals surface area contributed by atoms with Crippen LogP contribution in [0.4, 0.5) is 34.1 Å². The summed E-state index contributed by atoms with van der Waals surface area (Å²) in [6.45, 7) is 4.51. The maximum atomic E-state index is 11.5. The summed E-state index contributed by atoms with van der Waals surface area (Å²) >= 11 is 0. The summed E-state index contributed by atoms with van der Waals surface area (Å²) in [6.07, 6.45) is 0. The Morgan fingerprint density at radius 1 is 0.359 bits per heavy atom. The van der Waals surface area contributed by atoms with Crippen LogP contribution in [0.2, 0.25) is 0 Å². The van der Waals surface area contributed by atoms with Gasteiger partial charge in [0.05, 0.1) is 34.1 Å². The first-order valence-electron chi connectivity index (χ1n) is 12.0. The van der Waals surface area contributed by atoms with Crippen molar-refractivity contribution in [2.45, 2.75) is 20.8 Å². The van der Waals surface area contributed by atoms with Gasteiger partial charge in [-0.25, -0.2) is 0 Å². The van der Waals surface area contributed by atoms with Gasteiger partial charge >= 0.3 is 0 Å². The summed E-state index contributed by atoms with van der Waals surface area (Å²) in [5.41, 5.74) is 4.90. The Morgan fingerprint density at radius 3 is 0.769 bits per heavy atom. The molecule has 0 saturated carbocycles. The molecule has 0 aromatic heterocycles. The molecule has 0 atom stereocenters. The van der Waals surface area contributed by atoms with Crippen molar-refractivity contribution in [3.63, 3.8) is 0 Å². The average Bonchev–Trinajstić information content (AvgIpc) is 2.94. The molecule has 0 bridgehead atoms. The number of rotatable bonds is 9. The van der Waals surface area contributed by atoms with Crippen LogP contribution >= 0.6 is 0 Å². The van der Waals surface area contributed by atoms with E-state index in [-0.39, 0.29) is 17.3 Å². The van der Waals surface area contributed by atoms with E-state index < -0.39 is 0 Å². The van der Waals surface area contributed by atoms with Gasteiger partial charge in [-0.05, 0) is 112 Å². The van der Waals surface area contributed by atoms with Crippen molar-refractivity contribution in [3.8, 4) is 0 Å². The first-order chi connectivity index (χ1) is 18.8. The number of hydrogen-bond donors (Lipinski definition) is 0. The first-order valence-corrected chi connectivity index (χ1v) is 12.0. The molecular weight excluding hydrogens is 492 g/mol. The van der Waals surface area contributed by atoms with E-state index in [4.69, 9.17) is 0 Å². The Kier molecular flexibility index (Phi) is 8.43. The molecule has 0 aliphatic rings. The van der Waals surface area contributed by atoms with Crippen LogP contribution in [0.5, 0.6) is 0 Å². The van der Waals surface area contributed by atoms with Gasteiger partial charge in [-0.3, -0.25) is 14.4 Å². The van der Waals surface area contributed by atoms with E-state index in [1.54, 1.807) is 91.0 Å². The molecule has 0 amide bonds. The van der Waals surface area contributed by atoms with E-state index in [0.717, 1.165) is 0 Å². The molecule has 4 rings (SSSR count). The average molecular weight is 517 g/mol. The van der Waals surface area contributed by atoms with E-state index in [9.17, 15) is 14.4 Å². The second kappa shape index (κ2) is 12.3. The fraction of sp³-hybridized carbons (Fsp3) is 0.100. The van der Waals surface area contributed by atoms with Crippen molar-refractivity contribution in [2.75, 3.05) is 0 Å². The van der Waals surface area contributed by atoms with Crippen molar-refractivity contribution in [1.82, 2.24) is 0 Å². The number of benzene rings is 4. The lowest BCUT2D eigenvalue weighted by Gasteiger charge is -2.01. The van der Waals surface area contributed by atoms with Crippen molar-refractivity contribution < 1.29 is 14.4 Å². The molecule has 9 heteroatoms. The minimum atomic E-state index is -0.0292. The van der Waals surface area contributed by atoms with Gasteiger partial charge in [-0.15, -0.1) is 0 Å². The van der Waals surface area contributed by atoms with Gasteiger partial charge in [0.2, 0.25) is 0 Å². The molecule has 0 unspecified atom stereocenters. The van der Waals surface area contributed by atoms with Gasteiger partial charge in [0.25, 0.3) is 0 Å². The van der Waals surface area contributed by atoms with Gasteiger partial charge in [0.15, 0.2) is 17.3 Å². The van der Waals surface area contributed by atoms with Gasteiger partial charge < -0.3 is 0 Å². The third kappa shape index (κ3) is 7.59. The molecule has 0 radical (unpaired) electrons. The molecule has 0 heterocycles. The molecule has 0 aliphatic carbocycles. The second-order valence-corrected chi connectivity index (χ2v) is 8.62. The molecule has 4 aromatic rings. The number of azo groups is 3. The predicted octanol–water partition coefficient (Wildman–Crippen LogP) is 9.54. The lowest BCUT2D eigenvalue weighted by Crippen LogP contribution is -1.89. The highest BCUT2D eigenvalue weighted by Gasteiger charge is 2.04. The Labute approximate surface area is 225 Å². The SMILES string of the molecule is CC(=O)c1ccc(N=Nc2cc(N=Nc3ccc(C(C)=O)cc3)cc(N=Nc3ccc(C(C)=O)cc3)c2)cc1. The zero-order chi connectivity index (χ0) is 27.8. The molecule has 0 N–H and O–H groups in total. The topological polar surface area (TPSA) is 125 Å². The van der Waals surface area contributed by atoms with Crippen molar-refractivity contribution in [2.24, 2.45) is 30.7 Å². The van der Waals surface area contributed by atoms with Crippen LogP contribution < -0.4 is 0 Å². The van der Waals surface area contributed by atoms with Crippen molar-refractivity contribution in [1.29, 1.82) is 0 Å². The van der Waals surface area contributed by atoms with Crippen LogP contribution in [0.1, 0.15) is 51.8 Å². The van der Waals surface area contributed by atoms with E-state index in [2.05, 4.69) is 30.7 Å². The highest BCUT2D eigenvalue weighted by Crippen LogP contribution is 2.32. The highest BCUT2D eigenvalue weighted by molar-refractivity contribution is 5.95. The minimum absolute atomic E-state index is 0.0292. The first kappa shape index (κ1) is 26.7. The van der Waals surface area contributed by atoms with Crippen molar-refractivity contribution in [3.05, 3.63) is 108 Å². The normalized spacial score (nSPS) is 11.5. The largest absolute Gasteiger partial charge is 0.295 e. The van der Waals surface area contributed by atoms with Crippen LogP contribution in [0, 0.1) is 0 Å². The number of nitrogens with zero attached hydrogens (tertiary/aromatic N) is 6. The monoisotopic (exact) mass is 516 g/mol. The summed E-state index contributed by atoms with van der Waals surface area (Å²) in [5, 5.41) is 25.7. The summed E-state index contributed by atoms with van der Waals surface area (Å²) in [7, 11) is 0. The van der Waals surface area contributed by atoms with E-state index in [0.29, 0.717) is 50.8 Å². The lowest BCUT2D eigenvalue weighted by molar-refractivity contribution is 0.100. The zero-order valence-corrected chi connectivity index (χ0v) is 21.6. The fourth-order valence-electron chi connectivity index (χ4n) is 3.39. The summed E-state index contributed by atoms with van der Waals surface area (Å²) in [4.78, 5) is 34.5. The van der Waals surface area contributed by atoms with E-state index in [1.807, 2.05) is 0 Å². The zero-order valence-electron chi connectivity index (χ0n) is 21.6. The Bertz CT molecular complexity index is 1400. The molecular formula is C30H24N6O3. The Morgan fingerprint density at radius 2 is 0.564 bits per heavy atom. The number of ketones is 3. The second-order valence-electron chi connectivity index (χ2n) is 8.62. The third-order valence-electron chi connectivity index (χ3n) is 5.55. The molecule has 0 fully saturated rings. The number of Topliss-reactive ketones (excluding diaryl/α,β-unsaturated/α-hetero) is 3. The number of carbonyl (C=O) groups is 3. The van der Waals surface area contributed by atoms with E-state index in [1.165, 1.54) is 20.8 Å². The maximum absolute atomic E-state index is 11.5. The third-order valence-corrected chi connectivity index (χ3v) is 5.55. The highest BCUT2D eigenvalue weighted by atomic mass is 16.1. The van der Waals surface area contributed by atoms with Gasteiger partial charge in [0.1, 0.15) is 0 Å². The van der Waals surface area contributed by atoms with Crippen LogP contribution in [0.25, 0.3) is 0 Å². The standard InChI is InChI=1S/C30H24N6O3/c1-19(37)22-4-10-25(11-5-22)31-34-28-16-29(35-32-26-12-6-23(7-13-26)20(2)38)18-30(17-28)36-33-27-14-8-24(9-15-27)21(3)39/h4-18H,1-3H3. The van der Waals surface area contributed by atoms with Gasteiger partial charge in [-0.1, -0.05) is 0 Å². The number of carbonyl (C=O) groups excluding carboxylic acids is 3. The summed E-state index contributed by atoms with van der Waals surface area (Å²) in [6, 6.07) is 25.5. The number of hydrogen-bond acceptors (Lipinski definition) is 9. The quantitative estimate of drug-likeness (QED) is 0.162. The molecule has 0 aliphatic heterocycles. The molecule has 9 nitrogen and oxygen atoms in total. The van der Waals surface area contributed by atoms with Gasteiger partial charge in [0, 0.05) is 16.7 Å². The molecule has 192 valence electrons. The smallest absolute Gasteiger partial charge is 0.159 e. The molecule has 0 saturated heterocycles. The summed E-state index contributed by atoms with van der Waals surface area (Å²) in [5.74, 6) is -0.0877. The van der Waals surface area contributed by atoms with Crippen molar-refractivity contribution >= 4 is 51.5 Å². The predicted molar refractivity (Wildman–Crippen MR) is 148 cm³/mol. The van der Waals surface area contributed by atoms with E-state index >= 15 is 0 Å².